The smallest absolute Gasteiger partial charge is 0.338 e. The topological polar surface area (TPSA) is 89.4 Å². The van der Waals surface area contributed by atoms with Gasteiger partial charge in [-0.3, -0.25) is 9.59 Å². The van der Waals surface area contributed by atoms with Gasteiger partial charge in [-0.25, -0.2) is 4.79 Å². The Morgan fingerprint density at radius 1 is 1.00 bits per heavy atom. The number of nitrogens with zero attached hydrogens (tertiary/aromatic N) is 1. The minimum Gasteiger partial charge on any atom is -0.452 e. The predicted molar refractivity (Wildman–Crippen MR) is 92.4 cm³/mol. The first-order chi connectivity index (χ1) is 12.1. The lowest BCUT2D eigenvalue weighted by atomic mass is 10.2. The zero-order valence-electron chi connectivity index (χ0n) is 14.0. The minimum absolute atomic E-state index is 0.137. The van der Waals surface area contributed by atoms with Gasteiger partial charge in [0.05, 0.1) is 12.1 Å². The highest BCUT2D eigenvalue weighted by Crippen LogP contribution is 2.10. The number of amides is 2. The van der Waals surface area contributed by atoms with Gasteiger partial charge in [-0.15, -0.1) is 0 Å². The number of benzene rings is 1. The number of hydrogen-bond donors (Lipinski definition) is 2. The summed E-state index contributed by atoms with van der Waals surface area (Å²) in [7, 11) is 0. The molecule has 2 N–H and O–H groups in total. The van der Waals surface area contributed by atoms with Crippen LogP contribution >= 0.6 is 0 Å². The summed E-state index contributed by atoms with van der Waals surface area (Å²) in [4.78, 5) is 34.9. The van der Waals surface area contributed by atoms with Crippen molar-refractivity contribution in [3.63, 3.8) is 0 Å². The van der Waals surface area contributed by atoms with Gasteiger partial charge < -0.3 is 19.9 Å². The van der Waals surface area contributed by atoms with E-state index < -0.39 is 18.5 Å². The summed E-state index contributed by atoms with van der Waals surface area (Å²) < 4.78 is 6.85. The molecule has 25 heavy (non-hydrogen) atoms. The van der Waals surface area contributed by atoms with Crippen LogP contribution in [0.25, 0.3) is 5.69 Å². The fraction of sp³-hybridized carbons (Fsp3) is 0.278. The highest BCUT2D eigenvalue weighted by Gasteiger charge is 2.11. The zero-order chi connectivity index (χ0) is 18.1. The first-order valence-electron chi connectivity index (χ1n) is 8.04. The average molecular weight is 343 g/mol. The second-order valence-electron chi connectivity index (χ2n) is 5.34. The molecule has 0 spiro atoms. The minimum atomic E-state index is -0.593. The molecule has 7 heteroatoms. The Morgan fingerprint density at radius 2 is 1.68 bits per heavy atom. The molecule has 132 valence electrons. The van der Waals surface area contributed by atoms with Crippen molar-refractivity contribution in [2.45, 2.75) is 13.3 Å². The Balaban J connectivity index is 1.76. The molecule has 1 aromatic carbocycles. The third-order valence-corrected chi connectivity index (χ3v) is 3.36. The monoisotopic (exact) mass is 343 g/mol. The first kappa shape index (κ1) is 18.3. The highest BCUT2D eigenvalue weighted by molar-refractivity contribution is 5.92. The van der Waals surface area contributed by atoms with Crippen LogP contribution in [0.1, 0.15) is 23.7 Å². The van der Waals surface area contributed by atoms with Crippen LogP contribution in [-0.2, 0) is 14.3 Å². The molecule has 2 rings (SSSR count). The molecule has 7 nitrogen and oxygen atoms in total. The average Bonchev–Trinajstić information content (AvgIpc) is 3.17. The number of rotatable bonds is 8. The molecule has 0 aliphatic carbocycles. The molecule has 1 heterocycles. The van der Waals surface area contributed by atoms with Crippen LogP contribution in [0.15, 0.2) is 48.8 Å². The van der Waals surface area contributed by atoms with E-state index in [-0.39, 0.29) is 12.5 Å². The van der Waals surface area contributed by atoms with Gasteiger partial charge in [0.1, 0.15) is 0 Å². The second kappa shape index (κ2) is 9.27. The Morgan fingerprint density at radius 3 is 2.32 bits per heavy atom. The third kappa shape index (κ3) is 5.80. The molecule has 0 saturated carbocycles. The molecule has 0 aliphatic heterocycles. The van der Waals surface area contributed by atoms with E-state index in [1.165, 1.54) is 0 Å². The molecule has 0 aliphatic rings. The molecule has 0 saturated heterocycles. The van der Waals surface area contributed by atoms with Gasteiger partial charge in [0.2, 0.25) is 5.91 Å². The van der Waals surface area contributed by atoms with Crippen molar-refractivity contribution in [1.82, 2.24) is 15.2 Å². The van der Waals surface area contributed by atoms with Crippen molar-refractivity contribution < 1.29 is 19.1 Å². The van der Waals surface area contributed by atoms with Crippen molar-refractivity contribution in [1.29, 1.82) is 0 Å². The molecule has 0 radical (unpaired) electrons. The van der Waals surface area contributed by atoms with Crippen LogP contribution in [-0.4, -0.2) is 42.0 Å². The molecule has 2 amide bonds. The standard InChI is InChI=1S/C18H21N3O4/c1-2-9-19-16(22)12-20-17(23)13-25-18(24)14-5-7-15(8-6-14)21-10-3-4-11-21/h3-8,10-11H,2,9,12-13H2,1H3,(H,19,22)(H,20,23). The van der Waals surface area contributed by atoms with E-state index >= 15 is 0 Å². The van der Waals surface area contributed by atoms with Crippen molar-refractivity contribution in [3.8, 4) is 5.69 Å². The largest absolute Gasteiger partial charge is 0.452 e. The van der Waals surface area contributed by atoms with Crippen LogP contribution in [0.2, 0.25) is 0 Å². The summed E-state index contributed by atoms with van der Waals surface area (Å²) in [5.41, 5.74) is 1.27. The van der Waals surface area contributed by atoms with Gasteiger partial charge >= 0.3 is 5.97 Å². The van der Waals surface area contributed by atoms with Crippen molar-refractivity contribution in [2.75, 3.05) is 19.7 Å². The Bertz CT molecular complexity index is 708. The van der Waals surface area contributed by atoms with E-state index in [1.54, 1.807) is 24.3 Å². The van der Waals surface area contributed by atoms with E-state index in [9.17, 15) is 14.4 Å². The van der Waals surface area contributed by atoms with Gasteiger partial charge in [0.25, 0.3) is 5.91 Å². The summed E-state index contributed by atoms with van der Waals surface area (Å²) >= 11 is 0. The van der Waals surface area contributed by atoms with E-state index in [1.807, 2.05) is 36.0 Å². The van der Waals surface area contributed by atoms with E-state index in [2.05, 4.69) is 10.6 Å². The molecule has 0 bridgehead atoms. The maximum absolute atomic E-state index is 11.9. The number of hydrogen-bond acceptors (Lipinski definition) is 4. The quantitative estimate of drug-likeness (QED) is 0.707. The first-order valence-corrected chi connectivity index (χ1v) is 8.04. The number of esters is 1. The lowest BCUT2D eigenvalue weighted by Crippen LogP contribution is -2.38. The van der Waals surface area contributed by atoms with Crippen LogP contribution in [0.3, 0.4) is 0 Å². The fourth-order valence-electron chi connectivity index (χ4n) is 2.05. The summed E-state index contributed by atoms with van der Waals surface area (Å²) in [6.45, 7) is 1.92. The molecule has 1 aromatic heterocycles. The van der Waals surface area contributed by atoms with Crippen LogP contribution in [0.5, 0.6) is 0 Å². The number of carbonyl (C=O) groups excluding carboxylic acids is 3. The Labute approximate surface area is 146 Å². The van der Waals surface area contributed by atoms with Gasteiger partial charge in [-0.1, -0.05) is 6.92 Å². The van der Waals surface area contributed by atoms with Crippen LogP contribution in [0, 0.1) is 0 Å². The maximum Gasteiger partial charge on any atom is 0.338 e. The van der Waals surface area contributed by atoms with Crippen LogP contribution in [0.4, 0.5) is 0 Å². The molecule has 0 unspecified atom stereocenters. The Kier molecular flexibility index (Phi) is 6.76. The number of carbonyl (C=O) groups is 3. The number of nitrogens with one attached hydrogen (secondary N) is 2. The fourth-order valence-corrected chi connectivity index (χ4v) is 2.05. The lowest BCUT2D eigenvalue weighted by Gasteiger charge is -2.08. The number of ether oxygens (including phenoxy) is 1. The summed E-state index contributed by atoms with van der Waals surface area (Å²) in [5.74, 6) is -1.39. The number of aromatic nitrogens is 1. The molecular formula is C18H21N3O4. The van der Waals surface area contributed by atoms with Crippen LogP contribution < -0.4 is 10.6 Å². The molecular weight excluding hydrogens is 322 g/mol. The second-order valence-corrected chi connectivity index (χ2v) is 5.34. The van der Waals surface area contributed by atoms with Gasteiger partial charge in [-0.2, -0.15) is 0 Å². The lowest BCUT2D eigenvalue weighted by molar-refractivity contribution is -0.127. The SMILES string of the molecule is CCCNC(=O)CNC(=O)COC(=O)c1ccc(-n2cccc2)cc1. The summed E-state index contributed by atoms with van der Waals surface area (Å²) in [6.07, 6.45) is 4.61. The van der Waals surface area contributed by atoms with Crippen molar-refractivity contribution >= 4 is 17.8 Å². The van der Waals surface area contributed by atoms with Gasteiger partial charge in [0, 0.05) is 24.6 Å². The molecule has 0 atom stereocenters. The molecule has 2 aromatic rings. The van der Waals surface area contributed by atoms with Gasteiger partial charge in [0.15, 0.2) is 6.61 Å². The summed E-state index contributed by atoms with van der Waals surface area (Å²) in [6, 6.07) is 10.7. The zero-order valence-corrected chi connectivity index (χ0v) is 14.0. The highest BCUT2D eigenvalue weighted by atomic mass is 16.5. The van der Waals surface area contributed by atoms with E-state index in [0.717, 1.165) is 12.1 Å². The normalized spacial score (nSPS) is 10.1. The van der Waals surface area contributed by atoms with Crippen molar-refractivity contribution in [2.24, 2.45) is 0 Å². The Hall–Kier alpha value is -3.09. The van der Waals surface area contributed by atoms with Crippen molar-refractivity contribution in [3.05, 3.63) is 54.4 Å². The van der Waals surface area contributed by atoms with E-state index in [4.69, 9.17) is 4.74 Å². The predicted octanol–water partition coefficient (Wildman–Crippen LogP) is 1.28. The summed E-state index contributed by atoms with van der Waals surface area (Å²) in [5, 5.41) is 5.03. The van der Waals surface area contributed by atoms with Gasteiger partial charge in [-0.05, 0) is 42.8 Å². The molecule has 0 fully saturated rings. The van der Waals surface area contributed by atoms with E-state index in [0.29, 0.717) is 12.1 Å². The maximum atomic E-state index is 11.9. The third-order valence-electron chi connectivity index (χ3n) is 3.36.